The Bertz CT molecular complexity index is 1350. The third kappa shape index (κ3) is 24.9. The van der Waals surface area contributed by atoms with Crippen molar-refractivity contribution in [3.63, 3.8) is 0 Å². The molecule has 14 atom stereocenters. The zero-order valence-corrected chi connectivity index (χ0v) is 44.6. The van der Waals surface area contributed by atoms with E-state index in [0.717, 1.165) is 44.8 Å². The average molecular weight is 999 g/mol. The third-order valence-corrected chi connectivity index (χ3v) is 16.3. The molecule has 15 heteroatoms. The van der Waals surface area contributed by atoms with E-state index in [-0.39, 0.29) is 36.2 Å². The van der Waals surface area contributed by atoms with Crippen molar-refractivity contribution in [2.24, 2.45) is 94.3 Å². The van der Waals surface area contributed by atoms with Crippen molar-refractivity contribution in [3.8, 4) is 0 Å². The number of hydrogen-bond acceptors (Lipinski definition) is 15. The maximum Gasteiger partial charge on any atom is 0.154 e. The standard InChI is InChI=1S/C55H106N4O11/c1-38(2)26-49(47-12-8-43-7-11-46-33-48(13-9-44(46)6-10-45(43)32-47)50(28-40(4)36-60)29-41(5)54(63)64)34-52(55(65)66)31-42(37-61)30-51(53(62)59-17-21-70-25-23-68-19-15-57)27-39(3)35-58-16-20-69-24-22-67-18-14-56/h32,37-44,46-55,58-60,62-66H,6-31,33-36,56-57H2,1-5H3/t39?,40?,41?,42?,43-,44-,46?,47+,48+,49?,50?,51?,52?,53?/m0/s1. The molecule has 0 bridgehead atoms. The molecule has 0 amide bonds. The van der Waals surface area contributed by atoms with Gasteiger partial charge < -0.3 is 71.2 Å². The zero-order valence-electron chi connectivity index (χ0n) is 44.6. The van der Waals surface area contributed by atoms with Crippen LogP contribution < -0.4 is 22.1 Å². The summed E-state index contributed by atoms with van der Waals surface area (Å²) in [6, 6.07) is 0. The Morgan fingerprint density at radius 3 is 1.89 bits per heavy atom. The van der Waals surface area contributed by atoms with Crippen LogP contribution >= 0.6 is 0 Å². The molecule has 10 unspecified atom stereocenters. The summed E-state index contributed by atoms with van der Waals surface area (Å²) in [5.74, 6) is 3.00. The number of nitrogens with two attached hydrogens (primary N) is 2. The smallest absolute Gasteiger partial charge is 0.154 e. The van der Waals surface area contributed by atoms with Crippen LogP contribution in [0.4, 0.5) is 0 Å². The summed E-state index contributed by atoms with van der Waals surface area (Å²) >= 11 is 0. The summed E-state index contributed by atoms with van der Waals surface area (Å²) in [6.07, 6.45) is 15.2. The predicted molar refractivity (Wildman–Crippen MR) is 277 cm³/mol. The lowest BCUT2D eigenvalue weighted by atomic mass is 9.62. The van der Waals surface area contributed by atoms with E-state index in [9.17, 15) is 35.4 Å². The molecule has 0 radical (unpaired) electrons. The van der Waals surface area contributed by atoms with Gasteiger partial charge in [-0.2, -0.15) is 0 Å². The second-order valence-corrected chi connectivity index (χ2v) is 22.7. The molecule has 0 aromatic carbocycles. The minimum Gasteiger partial charge on any atom is -0.396 e. The molecular weight excluding hydrogens is 893 g/mol. The van der Waals surface area contributed by atoms with E-state index in [1.807, 2.05) is 6.92 Å². The Hall–Kier alpha value is -1.15. The van der Waals surface area contributed by atoms with Gasteiger partial charge in [0.1, 0.15) is 12.5 Å². The molecule has 3 aliphatic rings. The normalized spacial score (nSPS) is 25.0. The highest BCUT2D eigenvalue weighted by Crippen LogP contribution is 2.50. The number of nitrogens with one attached hydrogen (secondary N) is 2. The zero-order chi connectivity index (χ0) is 51.3. The molecule has 12 N–H and O–H groups in total. The molecule has 0 aromatic heterocycles. The van der Waals surface area contributed by atoms with Gasteiger partial charge in [-0.3, -0.25) is 5.32 Å². The van der Waals surface area contributed by atoms with Crippen LogP contribution in [0.15, 0.2) is 11.6 Å². The van der Waals surface area contributed by atoms with Gasteiger partial charge in [0.2, 0.25) is 0 Å². The predicted octanol–water partition coefficient (Wildman–Crippen LogP) is 5.22. The van der Waals surface area contributed by atoms with Gasteiger partial charge in [0.25, 0.3) is 0 Å². The van der Waals surface area contributed by atoms with Gasteiger partial charge in [-0.05, 0) is 174 Å². The quantitative estimate of drug-likeness (QED) is 0.0164. The van der Waals surface area contributed by atoms with Crippen LogP contribution in [-0.4, -0.2) is 148 Å². The maximum absolute atomic E-state index is 12.9. The van der Waals surface area contributed by atoms with Crippen LogP contribution in [0.25, 0.3) is 0 Å². The molecule has 3 rings (SSSR count). The van der Waals surface area contributed by atoms with Crippen molar-refractivity contribution < 1.29 is 54.4 Å². The SMILES string of the molecule is CC(C)CC(CC(CC(C=O)CC(CC(C)CNCCOCCOCCN)C(O)NCCOCCOCCN)C(O)O)[C@H]1C=C2CC[C@H]3CC[C@@H](C(CC(C)CO)CC(C)C(O)O)CC3CC[C@H]2CC1. The third-order valence-electron chi connectivity index (χ3n) is 16.3. The Balaban J connectivity index is 1.67. The van der Waals surface area contributed by atoms with E-state index in [1.165, 1.54) is 38.5 Å². The van der Waals surface area contributed by atoms with Crippen molar-refractivity contribution >= 4 is 6.29 Å². The fourth-order valence-electron chi connectivity index (χ4n) is 12.5. The fourth-order valence-corrected chi connectivity index (χ4v) is 12.5. The summed E-state index contributed by atoms with van der Waals surface area (Å²) in [5, 5.41) is 70.0. The van der Waals surface area contributed by atoms with Gasteiger partial charge in [-0.1, -0.05) is 46.3 Å². The largest absolute Gasteiger partial charge is 0.396 e. The van der Waals surface area contributed by atoms with Crippen molar-refractivity contribution in [3.05, 3.63) is 11.6 Å². The summed E-state index contributed by atoms with van der Waals surface area (Å²) < 4.78 is 22.1. The van der Waals surface area contributed by atoms with Crippen LogP contribution in [-0.2, 0) is 23.7 Å². The molecule has 0 heterocycles. The molecule has 3 aliphatic carbocycles. The van der Waals surface area contributed by atoms with Crippen molar-refractivity contribution in [2.45, 2.75) is 156 Å². The number of carbonyl (C=O) groups is 1. The van der Waals surface area contributed by atoms with Crippen molar-refractivity contribution in [1.29, 1.82) is 0 Å². The van der Waals surface area contributed by atoms with E-state index >= 15 is 0 Å². The number of hydrogen-bond donors (Lipinski definition) is 10. The number of aliphatic hydroxyl groups is 6. The van der Waals surface area contributed by atoms with Crippen LogP contribution in [0.2, 0.25) is 0 Å². The van der Waals surface area contributed by atoms with E-state index in [1.54, 1.807) is 5.57 Å². The highest BCUT2D eigenvalue weighted by atomic mass is 16.5. The fraction of sp³-hybridized carbons (Fsp3) is 0.945. The molecule has 0 aromatic rings. The van der Waals surface area contributed by atoms with E-state index in [0.29, 0.717) is 153 Å². The monoisotopic (exact) mass is 999 g/mol. The average Bonchev–Trinajstić information content (AvgIpc) is 3.33. The lowest BCUT2D eigenvalue weighted by molar-refractivity contribution is -0.118. The van der Waals surface area contributed by atoms with E-state index in [4.69, 9.17) is 30.4 Å². The molecular formula is C55H106N4O11. The highest BCUT2D eigenvalue weighted by molar-refractivity contribution is 5.53. The van der Waals surface area contributed by atoms with Crippen molar-refractivity contribution in [1.82, 2.24) is 10.6 Å². The lowest BCUT2D eigenvalue weighted by Crippen LogP contribution is -2.41. The molecule has 70 heavy (non-hydrogen) atoms. The highest BCUT2D eigenvalue weighted by Gasteiger charge is 2.39. The second-order valence-electron chi connectivity index (χ2n) is 22.7. The number of aldehydes is 1. The number of rotatable bonds is 40. The van der Waals surface area contributed by atoms with Gasteiger partial charge in [0.15, 0.2) is 12.6 Å². The number of carbonyl (C=O) groups excluding carboxylic acids is 1. The lowest BCUT2D eigenvalue weighted by Gasteiger charge is -2.44. The number of aliphatic hydroxyl groups excluding tert-OH is 4. The molecule has 15 nitrogen and oxygen atoms in total. The van der Waals surface area contributed by atoms with Crippen LogP contribution in [0, 0.1) is 82.9 Å². The number of allylic oxidation sites excluding steroid dienone is 2. The summed E-state index contributed by atoms with van der Waals surface area (Å²) in [7, 11) is 0. The summed E-state index contributed by atoms with van der Waals surface area (Å²) in [5.41, 5.74) is 12.6. The Morgan fingerprint density at radius 2 is 1.27 bits per heavy atom. The first-order chi connectivity index (χ1) is 33.7. The Morgan fingerprint density at radius 1 is 0.643 bits per heavy atom. The van der Waals surface area contributed by atoms with Gasteiger partial charge >= 0.3 is 0 Å². The molecule has 0 saturated heterocycles. The Labute approximate surface area is 424 Å². The second kappa shape index (κ2) is 36.7. The topological polar surface area (TPSA) is 251 Å². The van der Waals surface area contributed by atoms with Gasteiger partial charge in [0.05, 0.1) is 52.9 Å². The van der Waals surface area contributed by atoms with Crippen LogP contribution in [0.3, 0.4) is 0 Å². The molecule has 412 valence electrons. The van der Waals surface area contributed by atoms with Crippen molar-refractivity contribution in [2.75, 3.05) is 92.2 Å². The first kappa shape index (κ1) is 63.1. The molecule has 0 spiro atoms. The summed E-state index contributed by atoms with van der Waals surface area (Å²) in [6.45, 7) is 17.5. The maximum atomic E-state index is 12.9. The van der Waals surface area contributed by atoms with E-state index < -0.39 is 30.6 Å². The minimum atomic E-state index is -1.55. The first-order valence-corrected chi connectivity index (χ1v) is 28.0. The van der Waals surface area contributed by atoms with Gasteiger partial charge in [-0.25, -0.2) is 0 Å². The number of ether oxygens (including phenoxy) is 4. The minimum absolute atomic E-state index is 0.168. The van der Waals surface area contributed by atoms with E-state index in [2.05, 4.69) is 44.4 Å². The first-order valence-electron chi connectivity index (χ1n) is 28.0. The molecule has 2 saturated carbocycles. The van der Waals surface area contributed by atoms with Gasteiger partial charge in [-0.15, -0.1) is 0 Å². The van der Waals surface area contributed by atoms with Crippen LogP contribution in [0.5, 0.6) is 0 Å². The van der Waals surface area contributed by atoms with Crippen LogP contribution in [0.1, 0.15) is 137 Å². The molecule has 0 aliphatic heterocycles. The van der Waals surface area contributed by atoms with Gasteiger partial charge in [0, 0.05) is 50.5 Å². The number of fused-ring (bicyclic) bond motifs is 2. The Kier molecular flexibility index (Phi) is 33.1. The summed E-state index contributed by atoms with van der Waals surface area (Å²) in [4.78, 5) is 12.9. The molecule has 2 fully saturated rings.